The van der Waals surface area contributed by atoms with Crippen molar-refractivity contribution in [2.75, 3.05) is 0 Å². The lowest BCUT2D eigenvalue weighted by Crippen LogP contribution is -2.12. The van der Waals surface area contributed by atoms with Gasteiger partial charge in [0.2, 0.25) is 0 Å². The topological polar surface area (TPSA) is 93.9 Å². The van der Waals surface area contributed by atoms with Gasteiger partial charge in [0.05, 0.1) is 12.7 Å². The van der Waals surface area contributed by atoms with Crippen molar-refractivity contribution < 1.29 is 9.53 Å². The molecule has 3 N–H and O–H groups in total. The van der Waals surface area contributed by atoms with Crippen LogP contribution in [0.25, 0.3) is 11.3 Å². The van der Waals surface area contributed by atoms with Crippen LogP contribution in [-0.2, 0) is 11.3 Å². The molecule has 6 nitrogen and oxygen atoms in total. The first kappa shape index (κ1) is 13.2. The minimum Gasteiger partial charge on any atom is -0.374 e. The second kappa shape index (κ2) is 5.62. The summed E-state index contributed by atoms with van der Waals surface area (Å²) in [7, 11) is 0. The lowest BCUT2D eigenvalue weighted by Gasteiger charge is -2.08. The van der Waals surface area contributed by atoms with Gasteiger partial charge in [0, 0.05) is 5.56 Å². The molecule has 0 saturated carbocycles. The van der Waals surface area contributed by atoms with Crippen LogP contribution in [0.1, 0.15) is 29.9 Å². The van der Waals surface area contributed by atoms with Gasteiger partial charge in [-0.05, 0) is 25.5 Å². The number of ether oxygens (including phenoxy) is 1. The van der Waals surface area contributed by atoms with E-state index in [0.717, 1.165) is 11.1 Å². The Kier molecular flexibility index (Phi) is 3.91. The van der Waals surface area contributed by atoms with Crippen LogP contribution in [0.5, 0.6) is 0 Å². The Bertz CT molecular complexity index is 578. The lowest BCUT2D eigenvalue weighted by molar-refractivity contribution is 0.0657. The van der Waals surface area contributed by atoms with E-state index >= 15 is 0 Å². The maximum Gasteiger partial charge on any atom is 0.271 e. The molecular formula is C13H16N4O2. The van der Waals surface area contributed by atoms with E-state index in [1.165, 1.54) is 0 Å². The second-order valence-electron chi connectivity index (χ2n) is 4.45. The summed E-state index contributed by atoms with van der Waals surface area (Å²) >= 11 is 0. The molecule has 0 aliphatic carbocycles. The van der Waals surface area contributed by atoms with Crippen molar-refractivity contribution in [1.29, 1.82) is 0 Å². The Morgan fingerprint density at radius 1 is 1.42 bits per heavy atom. The van der Waals surface area contributed by atoms with Crippen molar-refractivity contribution in [3.8, 4) is 11.3 Å². The Hall–Kier alpha value is -2.21. The molecule has 1 amide bonds. The molecule has 0 spiro atoms. The zero-order chi connectivity index (χ0) is 13.8. The van der Waals surface area contributed by atoms with Crippen molar-refractivity contribution in [3.63, 3.8) is 0 Å². The summed E-state index contributed by atoms with van der Waals surface area (Å²) in [6.45, 7) is 4.47. The van der Waals surface area contributed by atoms with Gasteiger partial charge in [-0.3, -0.25) is 4.79 Å². The Labute approximate surface area is 111 Å². The molecular weight excluding hydrogens is 244 g/mol. The van der Waals surface area contributed by atoms with Crippen LogP contribution in [0.15, 0.2) is 24.3 Å². The first-order valence-corrected chi connectivity index (χ1v) is 5.99. The average molecular weight is 260 g/mol. The van der Waals surface area contributed by atoms with Crippen LogP contribution in [0, 0.1) is 0 Å². The SMILES string of the molecule is CC(C)OCc1cccc(-c2n[nH]nc2C(N)=O)c1. The molecule has 0 bridgehead atoms. The van der Waals surface area contributed by atoms with Gasteiger partial charge >= 0.3 is 0 Å². The molecule has 0 aliphatic heterocycles. The zero-order valence-corrected chi connectivity index (χ0v) is 10.9. The highest BCUT2D eigenvalue weighted by Crippen LogP contribution is 2.21. The number of carbonyl (C=O) groups is 1. The van der Waals surface area contributed by atoms with Gasteiger partial charge in [0.1, 0.15) is 5.69 Å². The highest BCUT2D eigenvalue weighted by Gasteiger charge is 2.15. The average Bonchev–Trinajstić information content (AvgIpc) is 2.86. The van der Waals surface area contributed by atoms with Crippen molar-refractivity contribution >= 4 is 5.91 Å². The summed E-state index contributed by atoms with van der Waals surface area (Å²) in [4.78, 5) is 11.2. The largest absolute Gasteiger partial charge is 0.374 e. The molecule has 0 saturated heterocycles. The third-order valence-electron chi connectivity index (χ3n) is 2.57. The van der Waals surface area contributed by atoms with Crippen LogP contribution >= 0.6 is 0 Å². The summed E-state index contributed by atoms with van der Waals surface area (Å²) in [6.07, 6.45) is 0.164. The third kappa shape index (κ3) is 3.17. The van der Waals surface area contributed by atoms with E-state index in [1.807, 2.05) is 38.1 Å². The number of nitrogens with zero attached hydrogens (tertiary/aromatic N) is 2. The first-order valence-electron chi connectivity index (χ1n) is 5.99. The fraction of sp³-hybridized carbons (Fsp3) is 0.308. The van der Waals surface area contributed by atoms with Crippen molar-refractivity contribution in [1.82, 2.24) is 15.4 Å². The maximum absolute atomic E-state index is 11.2. The molecule has 6 heteroatoms. The number of H-pyrrole nitrogens is 1. The van der Waals surface area contributed by atoms with E-state index in [2.05, 4.69) is 15.4 Å². The Morgan fingerprint density at radius 2 is 2.21 bits per heavy atom. The molecule has 100 valence electrons. The first-order chi connectivity index (χ1) is 9.08. The summed E-state index contributed by atoms with van der Waals surface area (Å²) in [5.41, 5.74) is 7.63. The van der Waals surface area contributed by atoms with Crippen molar-refractivity contribution in [3.05, 3.63) is 35.5 Å². The van der Waals surface area contributed by atoms with E-state index < -0.39 is 5.91 Å². The molecule has 0 atom stereocenters. The molecule has 0 fully saturated rings. The van der Waals surface area contributed by atoms with Crippen molar-refractivity contribution in [2.45, 2.75) is 26.6 Å². The minimum atomic E-state index is -0.604. The van der Waals surface area contributed by atoms with E-state index in [9.17, 15) is 4.79 Å². The number of nitrogens with two attached hydrogens (primary N) is 1. The molecule has 1 aromatic heterocycles. The van der Waals surface area contributed by atoms with E-state index in [-0.39, 0.29) is 11.8 Å². The zero-order valence-electron chi connectivity index (χ0n) is 10.9. The number of carbonyl (C=O) groups excluding carboxylic acids is 1. The number of rotatable bonds is 5. The second-order valence-corrected chi connectivity index (χ2v) is 4.45. The third-order valence-corrected chi connectivity index (χ3v) is 2.57. The van der Waals surface area contributed by atoms with Gasteiger partial charge in [-0.2, -0.15) is 15.4 Å². The van der Waals surface area contributed by atoms with Crippen LogP contribution in [0.2, 0.25) is 0 Å². The maximum atomic E-state index is 11.2. The fourth-order valence-corrected chi connectivity index (χ4v) is 1.68. The number of benzene rings is 1. The quantitative estimate of drug-likeness (QED) is 0.851. The molecule has 1 aromatic carbocycles. The number of amides is 1. The summed E-state index contributed by atoms with van der Waals surface area (Å²) in [5, 5.41) is 10.1. The number of nitrogens with one attached hydrogen (secondary N) is 1. The van der Waals surface area contributed by atoms with Gasteiger partial charge in [-0.1, -0.05) is 18.2 Å². The summed E-state index contributed by atoms with van der Waals surface area (Å²) in [6, 6.07) is 7.60. The standard InChI is InChI=1S/C13H16N4O2/c1-8(2)19-7-9-4-3-5-10(6-9)11-12(13(14)18)16-17-15-11/h3-6,8H,7H2,1-2H3,(H2,14,18)(H,15,16,17). The van der Waals surface area contributed by atoms with Gasteiger partial charge < -0.3 is 10.5 Å². The smallest absolute Gasteiger partial charge is 0.271 e. The summed E-state index contributed by atoms with van der Waals surface area (Å²) in [5.74, 6) is -0.604. The predicted molar refractivity (Wildman–Crippen MR) is 70.3 cm³/mol. The molecule has 2 rings (SSSR count). The van der Waals surface area contributed by atoms with Crippen LogP contribution in [0.4, 0.5) is 0 Å². The lowest BCUT2D eigenvalue weighted by atomic mass is 10.1. The van der Waals surface area contributed by atoms with Crippen LogP contribution in [0.3, 0.4) is 0 Å². The molecule has 0 unspecified atom stereocenters. The van der Waals surface area contributed by atoms with Gasteiger partial charge in [-0.25, -0.2) is 0 Å². The van der Waals surface area contributed by atoms with E-state index in [0.29, 0.717) is 12.3 Å². The number of primary amides is 1. The fourth-order valence-electron chi connectivity index (χ4n) is 1.68. The number of hydrogen-bond donors (Lipinski definition) is 2. The number of hydrogen-bond acceptors (Lipinski definition) is 4. The van der Waals surface area contributed by atoms with Crippen LogP contribution in [-0.4, -0.2) is 27.4 Å². The monoisotopic (exact) mass is 260 g/mol. The van der Waals surface area contributed by atoms with Gasteiger partial charge in [-0.15, -0.1) is 0 Å². The van der Waals surface area contributed by atoms with Crippen molar-refractivity contribution in [2.24, 2.45) is 5.73 Å². The highest BCUT2D eigenvalue weighted by molar-refractivity contribution is 5.96. The molecule has 2 aromatic rings. The van der Waals surface area contributed by atoms with Crippen LogP contribution < -0.4 is 5.73 Å². The van der Waals surface area contributed by atoms with Gasteiger partial charge in [0.15, 0.2) is 5.69 Å². The molecule has 1 heterocycles. The molecule has 0 radical (unpaired) electrons. The predicted octanol–water partition coefficient (Wildman–Crippen LogP) is 1.50. The van der Waals surface area contributed by atoms with Gasteiger partial charge in [0.25, 0.3) is 5.91 Å². The minimum absolute atomic E-state index is 0.141. The Morgan fingerprint density at radius 3 is 2.89 bits per heavy atom. The van der Waals surface area contributed by atoms with E-state index in [1.54, 1.807) is 0 Å². The summed E-state index contributed by atoms with van der Waals surface area (Å²) < 4.78 is 5.54. The van der Waals surface area contributed by atoms with E-state index in [4.69, 9.17) is 10.5 Å². The molecule has 19 heavy (non-hydrogen) atoms. The normalized spacial score (nSPS) is 10.9. The Balaban J connectivity index is 2.27. The number of aromatic nitrogens is 3. The highest BCUT2D eigenvalue weighted by atomic mass is 16.5. The number of aromatic amines is 1. The molecule has 0 aliphatic rings.